The highest BCUT2D eigenvalue weighted by atomic mass is 32.1. The van der Waals surface area contributed by atoms with Crippen molar-refractivity contribution in [2.24, 2.45) is 0 Å². The van der Waals surface area contributed by atoms with Gasteiger partial charge in [-0.1, -0.05) is 0 Å². The molecule has 4 nitrogen and oxygen atoms in total. The molecule has 0 aliphatic rings. The topological polar surface area (TPSA) is 54.0 Å². The molecule has 0 fully saturated rings. The van der Waals surface area contributed by atoms with Crippen LogP contribution in [-0.2, 0) is 6.54 Å². The molecule has 2 aromatic rings. The summed E-state index contributed by atoms with van der Waals surface area (Å²) in [4.78, 5) is 15.8. The third kappa shape index (κ3) is 3.04. The van der Waals surface area contributed by atoms with Crippen molar-refractivity contribution in [2.75, 3.05) is 12.4 Å². The van der Waals surface area contributed by atoms with E-state index in [1.165, 1.54) is 0 Å². The van der Waals surface area contributed by atoms with E-state index < -0.39 is 0 Å². The Morgan fingerprint density at radius 1 is 1.47 bits per heavy atom. The molecule has 5 heteroatoms. The van der Waals surface area contributed by atoms with E-state index in [-0.39, 0.29) is 5.91 Å². The number of thiophene rings is 1. The Morgan fingerprint density at radius 2 is 2.35 bits per heavy atom. The maximum Gasteiger partial charge on any atom is 0.270 e. The second-order valence-corrected chi connectivity index (χ2v) is 4.27. The van der Waals surface area contributed by atoms with Crippen LogP contribution in [0, 0.1) is 0 Å². The maximum atomic E-state index is 11.8. The fraction of sp³-hybridized carbons (Fsp3) is 0.167. The number of anilines is 1. The third-order valence-electron chi connectivity index (χ3n) is 2.31. The number of carbonyl (C=O) groups is 1. The van der Waals surface area contributed by atoms with Gasteiger partial charge >= 0.3 is 0 Å². The molecular formula is C12H13N3OS. The summed E-state index contributed by atoms with van der Waals surface area (Å²) in [5.74, 6) is -0.159. The molecule has 0 unspecified atom stereocenters. The predicted octanol–water partition coefficient (Wildman–Crippen LogP) is 2.11. The van der Waals surface area contributed by atoms with Crippen LogP contribution in [-0.4, -0.2) is 17.9 Å². The first-order chi connectivity index (χ1) is 8.29. The van der Waals surface area contributed by atoms with Crippen LogP contribution in [0.5, 0.6) is 0 Å². The molecule has 0 aliphatic carbocycles. The van der Waals surface area contributed by atoms with E-state index in [2.05, 4.69) is 15.6 Å². The average molecular weight is 247 g/mol. The van der Waals surface area contributed by atoms with Crippen LogP contribution in [0.4, 0.5) is 5.69 Å². The number of amides is 1. The molecule has 0 saturated carbocycles. The number of hydrogen-bond acceptors (Lipinski definition) is 4. The summed E-state index contributed by atoms with van der Waals surface area (Å²) < 4.78 is 0. The van der Waals surface area contributed by atoms with Crippen molar-refractivity contribution in [1.82, 2.24) is 10.3 Å². The first-order valence-electron chi connectivity index (χ1n) is 5.22. The first-order valence-corrected chi connectivity index (χ1v) is 6.17. The van der Waals surface area contributed by atoms with Gasteiger partial charge in [0.15, 0.2) is 0 Å². The monoisotopic (exact) mass is 247 g/mol. The lowest BCUT2D eigenvalue weighted by atomic mass is 10.3. The zero-order valence-corrected chi connectivity index (χ0v) is 10.3. The normalized spacial score (nSPS) is 9.94. The number of nitrogens with one attached hydrogen (secondary N) is 2. The highest BCUT2D eigenvalue weighted by molar-refractivity contribution is 7.07. The lowest BCUT2D eigenvalue weighted by molar-refractivity contribution is 0.0946. The Labute approximate surface area is 104 Å². The molecular weight excluding hydrogens is 234 g/mol. The summed E-state index contributed by atoms with van der Waals surface area (Å²) in [7, 11) is 1.81. The van der Waals surface area contributed by atoms with Crippen molar-refractivity contribution >= 4 is 22.9 Å². The van der Waals surface area contributed by atoms with Crippen LogP contribution in [0.1, 0.15) is 16.1 Å². The number of pyridine rings is 1. The van der Waals surface area contributed by atoms with Gasteiger partial charge in [-0.2, -0.15) is 11.3 Å². The van der Waals surface area contributed by atoms with E-state index in [4.69, 9.17) is 0 Å². The Balaban J connectivity index is 1.99. The summed E-state index contributed by atoms with van der Waals surface area (Å²) in [5.41, 5.74) is 2.40. The predicted molar refractivity (Wildman–Crippen MR) is 69.3 cm³/mol. The molecule has 0 radical (unpaired) electrons. The number of nitrogens with zero attached hydrogens (tertiary/aromatic N) is 1. The first kappa shape index (κ1) is 11.6. The highest BCUT2D eigenvalue weighted by Crippen LogP contribution is 2.08. The van der Waals surface area contributed by atoms with Crippen LogP contribution in [0.25, 0.3) is 0 Å². The molecule has 2 aromatic heterocycles. The quantitative estimate of drug-likeness (QED) is 0.870. The second kappa shape index (κ2) is 5.45. The lowest BCUT2D eigenvalue weighted by Gasteiger charge is -2.05. The molecule has 2 rings (SSSR count). The van der Waals surface area contributed by atoms with Gasteiger partial charge in [0.25, 0.3) is 5.91 Å². The van der Waals surface area contributed by atoms with E-state index in [1.807, 2.05) is 29.9 Å². The largest absolute Gasteiger partial charge is 0.388 e. The fourth-order valence-corrected chi connectivity index (χ4v) is 2.04. The van der Waals surface area contributed by atoms with Crippen molar-refractivity contribution in [3.8, 4) is 0 Å². The Kier molecular flexibility index (Phi) is 3.72. The summed E-state index contributed by atoms with van der Waals surface area (Å²) in [6.45, 7) is 0.536. The van der Waals surface area contributed by atoms with E-state index in [1.54, 1.807) is 23.6 Å². The van der Waals surface area contributed by atoms with Gasteiger partial charge in [-0.25, -0.2) is 0 Å². The fourth-order valence-electron chi connectivity index (χ4n) is 1.38. The molecule has 1 amide bonds. The van der Waals surface area contributed by atoms with Gasteiger partial charge in [0, 0.05) is 25.5 Å². The van der Waals surface area contributed by atoms with Crippen LogP contribution >= 0.6 is 11.3 Å². The summed E-state index contributed by atoms with van der Waals surface area (Å²) in [6.07, 6.45) is 1.62. The number of hydrogen-bond donors (Lipinski definition) is 2. The second-order valence-electron chi connectivity index (χ2n) is 3.49. The molecule has 0 bridgehead atoms. The van der Waals surface area contributed by atoms with E-state index in [0.717, 1.165) is 11.3 Å². The molecule has 2 N–H and O–H groups in total. The molecule has 0 saturated heterocycles. The van der Waals surface area contributed by atoms with Crippen LogP contribution in [0.2, 0.25) is 0 Å². The molecule has 88 valence electrons. The SMILES string of the molecule is CNc1ccnc(C(=O)NCc2ccsc2)c1. The lowest BCUT2D eigenvalue weighted by Crippen LogP contribution is -2.23. The number of carbonyl (C=O) groups excluding carboxylic acids is 1. The van der Waals surface area contributed by atoms with Crippen LogP contribution in [0.15, 0.2) is 35.2 Å². The number of aromatic nitrogens is 1. The standard InChI is InChI=1S/C12H13N3OS/c1-13-10-2-4-14-11(6-10)12(16)15-7-9-3-5-17-8-9/h2-6,8H,7H2,1H3,(H,13,14)(H,15,16). The average Bonchev–Trinajstić information content (AvgIpc) is 2.89. The van der Waals surface area contributed by atoms with E-state index in [0.29, 0.717) is 12.2 Å². The van der Waals surface area contributed by atoms with Gasteiger partial charge in [0.1, 0.15) is 5.69 Å². The minimum atomic E-state index is -0.159. The van der Waals surface area contributed by atoms with E-state index >= 15 is 0 Å². The van der Waals surface area contributed by atoms with Crippen LogP contribution in [0.3, 0.4) is 0 Å². The Hall–Kier alpha value is -1.88. The molecule has 0 aromatic carbocycles. The van der Waals surface area contributed by atoms with Gasteiger partial charge in [0.05, 0.1) is 0 Å². The van der Waals surface area contributed by atoms with Gasteiger partial charge < -0.3 is 10.6 Å². The number of rotatable bonds is 4. The Bertz CT molecular complexity index is 496. The highest BCUT2D eigenvalue weighted by Gasteiger charge is 2.07. The van der Waals surface area contributed by atoms with Crippen molar-refractivity contribution in [2.45, 2.75) is 6.54 Å². The summed E-state index contributed by atoms with van der Waals surface area (Å²) in [6, 6.07) is 5.53. The van der Waals surface area contributed by atoms with Gasteiger partial charge in [-0.15, -0.1) is 0 Å². The van der Waals surface area contributed by atoms with Crippen LogP contribution < -0.4 is 10.6 Å². The van der Waals surface area contributed by atoms with Crippen molar-refractivity contribution in [1.29, 1.82) is 0 Å². The van der Waals surface area contributed by atoms with Gasteiger partial charge in [-0.05, 0) is 34.5 Å². The van der Waals surface area contributed by atoms with Gasteiger partial charge in [0.2, 0.25) is 0 Å². The smallest absolute Gasteiger partial charge is 0.270 e. The van der Waals surface area contributed by atoms with E-state index in [9.17, 15) is 4.79 Å². The minimum absolute atomic E-state index is 0.159. The zero-order valence-electron chi connectivity index (χ0n) is 9.43. The minimum Gasteiger partial charge on any atom is -0.388 e. The molecule has 0 aliphatic heterocycles. The zero-order chi connectivity index (χ0) is 12.1. The molecule has 17 heavy (non-hydrogen) atoms. The third-order valence-corrected chi connectivity index (χ3v) is 3.05. The molecule has 0 atom stereocenters. The van der Waals surface area contributed by atoms with Crippen molar-refractivity contribution in [3.63, 3.8) is 0 Å². The Morgan fingerprint density at radius 3 is 3.06 bits per heavy atom. The summed E-state index contributed by atoms with van der Waals surface area (Å²) >= 11 is 1.62. The van der Waals surface area contributed by atoms with Crippen molar-refractivity contribution in [3.05, 3.63) is 46.4 Å². The van der Waals surface area contributed by atoms with Crippen molar-refractivity contribution < 1.29 is 4.79 Å². The maximum absolute atomic E-state index is 11.8. The van der Waals surface area contributed by atoms with Gasteiger partial charge in [-0.3, -0.25) is 9.78 Å². The summed E-state index contributed by atoms with van der Waals surface area (Å²) in [5, 5.41) is 9.80. The molecule has 2 heterocycles. The molecule has 0 spiro atoms.